The molecule has 1 saturated heterocycles. The van der Waals surface area contributed by atoms with Crippen molar-refractivity contribution in [1.82, 2.24) is 20.4 Å². The molecule has 7 nitrogen and oxygen atoms in total. The van der Waals surface area contributed by atoms with Crippen LogP contribution in [0.2, 0.25) is 0 Å². The summed E-state index contributed by atoms with van der Waals surface area (Å²) in [6.07, 6.45) is 4.40. The second-order valence-electron chi connectivity index (χ2n) is 6.55. The Kier molecular flexibility index (Phi) is 4.58. The minimum atomic E-state index is -0.195. The molecule has 0 bridgehead atoms. The van der Waals surface area contributed by atoms with Gasteiger partial charge in [-0.1, -0.05) is 12.1 Å². The topological polar surface area (TPSA) is 84.2 Å². The molecular formula is C18H21N5O2S. The van der Waals surface area contributed by atoms with Crippen molar-refractivity contribution in [2.24, 2.45) is 0 Å². The van der Waals surface area contributed by atoms with Gasteiger partial charge in [0.05, 0.1) is 11.1 Å². The third-order valence-electron chi connectivity index (χ3n) is 4.69. The number of carbonyl (C=O) groups excluding carboxylic acids is 1. The Hall–Kier alpha value is -2.48. The van der Waals surface area contributed by atoms with Crippen LogP contribution in [-0.2, 0) is 6.42 Å². The molecule has 26 heavy (non-hydrogen) atoms. The molecule has 1 aliphatic rings. The zero-order chi connectivity index (χ0) is 18.1. The van der Waals surface area contributed by atoms with Crippen LogP contribution in [0.5, 0.6) is 0 Å². The number of aromatic nitrogens is 3. The number of thiophene rings is 1. The Morgan fingerprint density at radius 3 is 2.85 bits per heavy atom. The van der Waals surface area contributed by atoms with Crippen LogP contribution < -0.4 is 10.2 Å². The van der Waals surface area contributed by atoms with E-state index in [-0.39, 0.29) is 17.7 Å². The van der Waals surface area contributed by atoms with E-state index in [2.05, 4.69) is 38.3 Å². The Balaban J connectivity index is 1.42. The van der Waals surface area contributed by atoms with E-state index >= 15 is 0 Å². The van der Waals surface area contributed by atoms with E-state index in [1.54, 1.807) is 30.7 Å². The Morgan fingerprint density at radius 2 is 2.15 bits per heavy atom. The van der Waals surface area contributed by atoms with E-state index in [1.165, 1.54) is 4.88 Å². The zero-order valence-electron chi connectivity index (χ0n) is 14.9. The van der Waals surface area contributed by atoms with Crippen molar-refractivity contribution in [3.8, 4) is 0 Å². The van der Waals surface area contributed by atoms with Gasteiger partial charge in [0.2, 0.25) is 5.76 Å². The molecule has 4 rings (SSSR count). The highest BCUT2D eigenvalue weighted by atomic mass is 32.1. The molecule has 0 atom stereocenters. The number of hydrogen-bond acceptors (Lipinski definition) is 7. The number of nitrogens with zero attached hydrogens (tertiary/aromatic N) is 4. The number of piperidine rings is 1. The average molecular weight is 371 g/mol. The summed E-state index contributed by atoms with van der Waals surface area (Å²) in [5, 5.41) is 7.94. The molecule has 4 heterocycles. The smallest absolute Gasteiger partial charge is 0.290 e. The number of rotatable bonds is 4. The predicted molar refractivity (Wildman–Crippen MR) is 101 cm³/mol. The third-order valence-corrected chi connectivity index (χ3v) is 5.88. The molecule has 1 N–H and O–H groups in total. The quantitative estimate of drug-likeness (QED) is 0.759. The fourth-order valence-corrected chi connectivity index (χ4v) is 4.21. The van der Waals surface area contributed by atoms with Gasteiger partial charge in [-0.15, -0.1) is 11.3 Å². The first-order chi connectivity index (χ1) is 12.6. The fraction of sp³-hybridized carbons (Fsp3) is 0.444. The van der Waals surface area contributed by atoms with E-state index < -0.39 is 0 Å². The molecular weight excluding hydrogens is 350 g/mol. The van der Waals surface area contributed by atoms with Crippen molar-refractivity contribution in [1.29, 1.82) is 0 Å². The number of aryl methyl sites for hydroxylation is 2. The minimum absolute atomic E-state index is 0.134. The second kappa shape index (κ2) is 7.03. The molecule has 0 spiro atoms. The van der Waals surface area contributed by atoms with Gasteiger partial charge in [-0.3, -0.25) is 4.79 Å². The van der Waals surface area contributed by atoms with Gasteiger partial charge in [0.25, 0.3) is 5.91 Å². The number of hydrogen-bond donors (Lipinski definition) is 1. The molecule has 3 aromatic rings. The monoisotopic (exact) mass is 371 g/mol. The molecule has 0 saturated carbocycles. The summed E-state index contributed by atoms with van der Waals surface area (Å²) in [4.78, 5) is 25.8. The molecule has 136 valence electrons. The number of fused-ring (bicyclic) bond motifs is 1. The molecule has 8 heteroatoms. The van der Waals surface area contributed by atoms with Gasteiger partial charge >= 0.3 is 0 Å². The fourth-order valence-electron chi connectivity index (χ4n) is 3.28. The van der Waals surface area contributed by atoms with Gasteiger partial charge < -0.3 is 14.7 Å². The lowest BCUT2D eigenvalue weighted by atomic mass is 10.0. The number of amides is 1. The van der Waals surface area contributed by atoms with Gasteiger partial charge in [-0.2, -0.15) is 0 Å². The molecule has 1 fully saturated rings. The molecule has 1 aliphatic heterocycles. The Labute approximate surface area is 155 Å². The molecule has 0 aromatic carbocycles. The molecule has 3 aromatic heterocycles. The van der Waals surface area contributed by atoms with Crippen LogP contribution in [0.15, 0.2) is 23.0 Å². The third kappa shape index (κ3) is 3.29. The SMILES string of the molecule is CCc1cc2c(N3CCC(NC(=O)c4cc(C)no4)CC3)ncnc2s1. The van der Waals surface area contributed by atoms with E-state index in [0.29, 0.717) is 5.69 Å². The van der Waals surface area contributed by atoms with Gasteiger partial charge in [0.1, 0.15) is 17.0 Å². The largest absolute Gasteiger partial charge is 0.356 e. The minimum Gasteiger partial charge on any atom is -0.356 e. The van der Waals surface area contributed by atoms with E-state index in [1.807, 2.05) is 0 Å². The summed E-state index contributed by atoms with van der Waals surface area (Å²) < 4.78 is 5.03. The summed E-state index contributed by atoms with van der Waals surface area (Å²) >= 11 is 1.73. The number of nitrogens with one attached hydrogen (secondary N) is 1. The lowest BCUT2D eigenvalue weighted by Gasteiger charge is -2.33. The highest BCUT2D eigenvalue weighted by Crippen LogP contribution is 2.31. The van der Waals surface area contributed by atoms with E-state index in [9.17, 15) is 4.79 Å². The average Bonchev–Trinajstić information content (AvgIpc) is 3.28. The standard InChI is InChI=1S/C18H21N5O2S/c1-3-13-9-14-16(19-10-20-18(14)26-13)23-6-4-12(5-7-23)21-17(24)15-8-11(2)22-25-15/h8-10,12H,3-7H2,1-2H3,(H,21,24). The van der Waals surface area contributed by atoms with Gasteiger partial charge in [-0.25, -0.2) is 9.97 Å². The first-order valence-electron chi connectivity index (χ1n) is 8.86. The molecule has 1 amide bonds. The normalized spacial score (nSPS) is 15.5. The highest BCUT2D eigenvalue weighted by molar-refractivity contribution is 7.18. The summed E-state index contributed by atoms with van der Waals surface area (Å²) in [6.45, 7) is 5.66. The molecule has 0 unspecified atom stereocenters. The van der Waals surface area contributed by atoms with Crippen molar-refractivity contribution in [3.05, 3.63) is 34.8 Å². The van der Waals surface area contributed by atoms with Gasteiger partial charge in [0.15, 0.2) is 0 Å². The van der Waals surface area contributed by atoms with Gasteiger partial charge in [-0.05, 0) is 32.3 Å². The maximum atomic E-state index is 12.2. The Bertz CT molecular complexity index is 927. The molecule has 0 radical (unpaired) electrons. The van der Waals surface area contributed by atoms with Crippen molar-refractivity contribution in [2.75, 3.05) is 18.0 Å². The number of anilines is 1. The van der Waals surface area contributed by atoms with Crippen LogP contribution in [0.25, 0.3) is 10.2 Å². The highest BCUT2D eigenvalue weighted by Gasteiger charge is 2.24. The van der Waals surface area contributed by atoms with E-state index in [4.69, 9.17) is 4.52 Å². The van der Waals surface area contributed by atoms with Crippen LogP contribution in [0.1, 0.15) is 40.9 Å². The summed E-state index contributed by atoms with van der Waals surface area (Å²) in [5.74, 6) is 1.08. The maximum absolute atomic E-state index is 12.2. The van der Waals surface area contributed by atoms with Crippen LogP contribution in [-0.4, -0.2) is 40.2 Å². The van der Waals surface area contributed by atoms with E-state index in [0.717, 1.165) is 48.4 Å². The van der Waals surface area contributed by atoms with Crippen molar-refractivity contribution < 1.29 is 9.32 Å². The van der Waals surface area contributed by atoms with Gasteiger partial charge in [0, 0.05) is 30.1 Å². The van der Waals surface area contributed by atoms with Crippen molar-refractivity contribution in [3.63, 3.8) is 0 Å². The first kappa shape index (κ1) is 17.0. The summed E-state index contributed by atoms with van der Waals surface area (Å²) in [5.41, 5.74) is 0.708. The lowest BCUT2D eigenvalue weighted by molar-refractivity contribution is 0.0893. The Morgan fingerprint density at radius 1 is 1.35 bits per heavy atom. The number of carbonyl (C=O) groups is 1. The second-order valence-corrected chi connectivity index (χ2v) is 7.66. The van der Waals surface area contributed by atoms with Crippen LogP contribution in [0.3, 0.4) is 0 Å². The first-order valence-corrected chi connectivity index (χ1v) is 9.68. The molecule has 0 aliphatic carbocycles. The van der Waals surface area contributed by atoms with Crippen molar-refractivity contribution >= 4 is 33.3 Å². The summed E-state index contributed by atoms with van der Waals surface area (Å²) in [6, 6.07) is 3.99. The van der Waals surface area contributed by atoms with Crippen LogP contribution >= 0.6 is 11.3 Å². The lowest BCUT2D eigenvalue weighted by Crippen LogP contribution is -2.45. The van der Waals surface area contributed by atoms with Crippen molar-refractivity contribution in [2.45, 2.75) is 39.2 Å². The summed E-state index contributed by atoms with van der Waals surface area (Å²) in [7, 11) is 0. The zero-order valence-corrected chi connectivity index (χ0v) is 15.7. The maximum Gasteiger partial charge on any atom is 0.290 e. The van der Waals surface area contributed by atoms with Crippen LogP contribution in [0, 0.1) is 6.92 Å². The predicted octanol–water partition coefficient (Wildman–Crippen LogP) is 2.95. The van der Waals surface area contributed by atoms with Crippen LogP contribution in [0.4, 0.5) is 5.82 Å².